The molecule has 1 atom stereocenters. The van der Waals surface area contributed by atoms with Gasteiger partial charge in [0.2, 0.25) is 0 Å². The summed E-state index contributed by atoms with van der Waals surface area (Å²) in [5.41, 5.74) is 1.00. The summed E-state index contributed by atoms with van der Waals surface area (Å²) in [5.74, 6) is 0.873. The standard InChI is InChI=1S/C6H7OP.2C5H12/c8-7-6-4-2-1-3-5-6;2*1-5(2,3)4/h1-5H,8H2;2*1-4H3. The van der Waals surface area contributed by atoms with Gasteiger partial charge in [-0.15, -0.1) is 0 Å². The summed E-state index contributed by atoms with van der Waals surface area (Å²) in [5, 5.41) is 0. The van der Waals surface area contributed by atoms with Gasteiger partial charge in [-0.25, -0.2) is 0 Å². The van der Waals surface area contributed by atoms with E-state index in [0.717, 1.165) is 5.75 Å². The van der Waals surface area contributed by atoms with Crippen LogP contribution in [-0.4, -0.2) is 0 Å². The lowest BCUT2D eigenvalue weighted by Gasteiger charge is -2.05. The highest BCUT2D eigenvalue weighted by Gasteiger charge is 1.96. The SMILES string of the molecule is CC(C)(C)C.CC(C)(C)C.POc1ccccc1. The fraction of sp³-hybridized carbons (Fsp3) is 0.625. The zero-order valence-electron chi connectivity index (χ0n) is 13.4. The van der Waals surface area contributed by atoms with Crippen LogP contribution in [0.25, 0.3) is 0 Å². The second-order valence-electron chi connectivity index (χ2n) is 7.43. The van der Waals surface area contributed by atoms with Crippen molar-refractivity contribution in [3.05, 3.63) is 30.3 Å². The van der Waals surface area contributed by atoms with E-state index < -0.39 is 0 Å². The maximum atomic E-state index is 4.83. The Morgan fingerprint density at radius 2 is 1.00 bits per heavy atom. The first-order chi connectivity index (χ1) is 7.93. The van der Waals surface area contributed by atoms with Gasteiger partial charge < -0.3 is 4.52 Å². The average Bonchev–Trinajstić information content (AvgIpc) is 2.14. The van der Waals surface area contributed by atoms with Crippen molar-refractivity contribution < 1.29 is 4.52 Å². The van der Waals surface area contributed by atoms with Crippen molar-refractivity contribution in [2.75, 3.05) is 0 Å². The molecule has 1 unspecified atom stereocenters. The highest BCUT2D eigenvalue weighted by atomic mass is 31.0. The molecular formula is C16H31OP. The summed E-state index contributed by atoms with van der Waals surface area (Å²) in [6.07, 6.45) is 0. The van der Waals surface area contributed by atoms with Gasteiger partial charge in [0, 0.05) is 0 Å². The fourth-order valence-electron chi connectivity index (χ4n) is 0.499. The van der Waals surface area contributed by atoms with E-state index in [-0.39, 0.29) is 0 Å². The maximum Gasteiger partial charge on any atom is 0.122 e. The minimum Gasteiger partial charge on any atom is -0.480 e. The fourth-order valence-corrected chi connectivity index (χ4v) is 0.656. The van der Waals surface area contributed by atoms with E-state index in [0.29, 0.717) is 10.8 Å². The molecule has 0 aliphatic carbocycles. The molecule has 106 valence electrons. The van der Waals surface area contributed by atoms with Gasteiger partial charge in [-0.05, 0) is 23.0 Å². The van der Waals surface area contributed by atoms with Crippen LogP contribution in [0.5, 0.6) is 5.75 Å². The largest absolute Gasteiger partial charge is 0.480 e. The van der Waals surface area contributed by atoms with Crippen molar-refractivity contribution >= 4 is 9.47 Å². The molecule has 0 N–H and O–H groups in total. The first-order valence-electron chi connectivity index (χ1n) is 6.35. The van der Waals surface area contributed by atoms with E-state index >= 15 is 0 Å². The van der Waals surface area contributed by atoms with Gasteiger partial charge in [0.05, 0.1) is 9.47 Å². The molecule has 0 bridgehead atoms. The molecule has 0 aliphatic rings. The Morgan fingerprint density at radius 3 is 1.17 bits per heavy atom. The molecule has 2 heteroatoms. The lowest BCUT2D eigenvalue weighted by molar-refractivity contribution is 0.469. The Balaban J connectivity index is 0. The third kappa shape index (κ3) is 36.1. The summed E-state index contributed by atoms with van der Waals surface area (Å²) in [6.45, 7) is 17.5. The minimum absolute atomic E-state index is 0.500. The van der Waals surface area contributed by atoms with E-state index in [1.54, 1.807) is 0 Å². The Labute approximate surface area is 117 Å². The van der Waals surface area contributed by atoms with Gasteiger partial charge in [0.25, 0.3) is 0 Å². The number of benzene rings is 1. The van der Waals surface area contributed by atoms with Crippen LogP contribution >= 0.6 is 9.47 Å². The number of rotatable bonds is 1. The Hall–Kier alpha value is -0.550. The molecule has 0 fully saturated rings. The Morgan fingerprint density at radius 1 is 0.722 bits per heavy atom. The van der Waals surface area contributed by atoms with Crippen LogP contribution in [-0.2, 0) is 0 Å². The van der Waals surface area contributed by atoms with E-state index in [2.05, 4.69) is 64.9 Å². The molecule has 0 spiro atoms. The summed E-state index contributed by atoms with van der Waals surface area (Å²) >= 11 is 0. The lowest BCUT2D eigenvalue weighted by Crippen LogP contribution is -1.93. The monoisotopic (exact) mass is 270 g/mol. The van der Waals surface area contributed by atoms with Gasteiger partial charge in [-0.3, -0.25) is 0 Å². The predicted molar refractivity (Wildman–Crippen MR) is 87.0 cm³/mol. The number of hydrogen-bond acceptors (Lipinski definition) is 1. The molecule has 1 rings (SSSR count). The Bertz CT molecular complexity index is 256. The quantitative estimate of drug-likeness (QED) is 0.572. The maximum absolute atomic E-state index is 4.83. The van der Waals surface area contributed by atoms with Crippen molar-refractivity contribution in [3.63, 3.8) is 0 Å². The number of para-hydroxylation sites is 1. The molecule has 1 aromatic carbocycles. The van der Waals surface area contributed by atoms with Crippen LogP contribution in [0.2, 0.25) is 0 Å². The first kappa shape index (κ1) is 19.8. The molecule has 0 heterocycles. The van der Waals surface area contributed by atoms with Crippen LogP contribution < -0.4 is 4.52 Å². The van der Waals surface area contributed by atoms with Crippen molar-refractivity contribution in [3.8, 4) is 5.75 Å². The van der Waals surface area contributed by atoms with Crippen molar-refractivity contribution in [2.45, 2.75) is 55.4 Å². The first-order valence-corrected chi connectivity index (χ1v) is 6.82. The van der Waals surface area contributed by atoms with Crippen molar-refractivity contribution in [1.29, 1.82) is 0 Å². The summed E-state index contributed by atoms with van der Waals surface area (Å²) in [6, 6.07) is 9.60. The molecule has 0 aliphatic heterocycles. The highest BCUT2D eigenvalue weighted by Crippen LogP contribution is 2.10. The van der Waals surface area contributed by atoms with Crippen LogP contribution in [0.4, 0.5) is 0 Å². The second kappa shape index (κ2) is 9.39. The molecule has 1 aromatic rings. The molecule has 0 saturated carbocycles. The van der Waals surface area contributed by atoms with E-state index in [1.807, 2.05) is 30.3 Å². The predicted octanol–water partition coefficient (Wildman–Crippen LogP) is 5.96. The third-order valence-corrected chi connectivity index (χ3v) is 1.15. The molecule has 0 amide bonds. The van der Waals surface area contributed by atoms with Crippen LogP contribution in [0, 0.1) is 10.8 Å². The molecule has 1 nitrogen and oxygen atoms in total. The molecule has 18 heavy (non-hydrogen) atoms. The van der Waals surface area contributed by atoms with E-state index in [9.17, 15) is 0 Å². The van der Waals surface area contributed by atoms with Gasteiger partial charge in [-0.1, -0.05) is 73.6 Å². The van der Waals surface area contributed by atoms with Gasteiger partial charge in [-0.2, -0.15) is 0 Å². The minimum atomic E-state index is 0.500. The summed E-state index contributed by atoms with van der Waals surface area (Å²) in [7, 11) is 2.19. The zero-order valence-corrected chi connectivity index (χ0v) is 14.5. The second-order valence-corrected chi connectivity index (χ2v) is 7.67. The average molecular weight is 270 g/mol. The number of hydrogen-bond donors (Lipinski definition) is 0. The van der Waals surface area contributed by atoms with Crippen molar-refractivity contribution in [1.82, 2.24) is 0 Å². The molecule has 0 aromatic heterocycles. The Kier molecular flexibility index (Phi) is 10.3. The van der Waals surface area contributed by atoms with E-state index in [1.165, 1.54) is 0 Å². The van der Waals surface area contributed by atoms with Crippen molar-refractivity contribution in [2.24, 2.45) is 10.8 Å². The van der Waals surface area contributed by atoms with E-state index in [4.69, 9.17) is 4.52 Å². The van der Waals surface area contributed by atoms with Crippen LogP contribution in [0.1, 0.15) is 55.4 Å². The third-order valence-electron chi connectivity index (χ3n) is 0.879. The topological polar surface area (TPSA) is 9.23 Å². The smallest absolute Gasteiger partial charge is 0.122 e. The lowest BCUT2D eigenvalue weighted by atomic mass is 10.0. The molecular weight excluding hydrogens is 239 g/mol. The molecule has 0 radical (unpaired) electrons. The molecule has 0 saturated heterocycles. The normalized spacial score (nSPS) is 10.5. The van der Waals surface area contributed by atoms with Gasteiger partial charge in [0.15, 0.2) is 0 Å². The highest BCUT2D eigenvalue weighted by molar-refractivity contribution is 7.10. The van der Waals surface area contributed by atoms with Crippen LogP contribution in [0.15, 0.2) is 30.3 Å². The summed E-state index contributed by atoms with van der Waals surface area (Å²) < 4.78 is 4.83. The van der Waals surface area contributed by atoms with Gasteiger partial charge in [0.1, 0.15) is 5.75 Å². The summed E-state index contributed by atoms with van der Waals surface area (Å²) in [4.78, 5) is 0. The van der Waals surface area contributed by atoms with Crippen LogP contribution in [0.3, 0.4) is 0 Å². The zero-order chi connectivity index (χ0) is 14.8. The van der Waals surface area contributed by atoms with Gasteiger partial charge >= 0.3 is 0 Å².